The third-order valence-corrected chi connectivity index (χ3v) is 5.21. The van der Waals surface area contributed by atoms with Gasteiger partial charge in [-0.05, 0) is 52.4 Å². The summed E-state index contributed by atoms with van der Waals surface area (Å²) in [6, 6.07) is 6.38. The average Bonchev–Trinajstić information content (AvgIpc) is 2.53. The molecule has 3 rings (SSSR count). The van der Waals surface area contributed by atoms with Crippen molar-refractivity contribution >= 4 is 15.9 Å². The fraction of sp³-hybridized carbons (Fsp3) is 0.625. The highest BCUT2D eigenvalue weighted by Crippen LogP contribution is 2.37. The van der Waals surface area contributed by atoms with Crippen LogP contribution in [-0.4, -0.2) is 49.4 Å². The minimum Gasteiger partial charge on any atom is -0.507 e. The van der Waals surface area contributed by atoms with Gasteiger partial charge >= 0.3 is 0 Å². The van der Waals surface area contributed by atoms with E-state index < -0.39 is 0 Å². The van der Waals surface area contributed by atoms with Gasteiger partial charge in [0.2, 0.25) is 0 Å². The van der Waals surface area contributed by atoms with Crippen LogP contribution in [0.15, 0.2) is 22.7 Å². The van der Waals surface area contributed by atoms with E-state index in [9.17, 15) is 5.11 Å². The van der Waals surface area contributed by atoms with Crippen molar-refractivity contribution in [1.29, 1.82) is 0 Å². The molecule has 0 unspecified atom stereocenters. The van der Waals surface area contributed by atoms with Crippen molar-refractivity contribution in [3.8, 4) is 5.75 Å². The van der Waals surface area contributed by atoms with Gasteiger partial charge in [0.05, 0.1) is 4.47 Å². The maximum absolute atomic E-state index is 9.76. The molecule has 2 heterocycles. The molecule has 2 aliphatic rings. The number of benzene rings is 1. The van der Waals surface area contributed by atoms with Gasteiger partial charge in [-0.15, -0.1) is 0 Å². The van der Waals surface area contributed by atoms with E-state index in [2.05, 4.69) is 38.3 Å². The van der Waals surface area contributed by atoms with Gasteiger partial charge in [-0.1, -0.05) is 6.07 Å². The van der Waals surface area contributed by atoms with E-state index in [4.69, 9.17) is 4.74 Å². The van der Waals surface area contributed by atoms with Gasteiger partial charge in [0.25, 0.3) is 0 Å². The predicted octanol–water partition coefficient (Wildman–Crippen LogP) is 2.53. The maximum atomic E-state index is 9.76. The largest absolute Gasteiger partial charge is 0.507 e. The lowest BCUT2D eigenvalue weighted by atomic mass is 9.85. The molecule has 0 radical (unpaired) electrons. The molecule has 21 heavy (non-hydrogen) atoms. The molecule has 1 aromatic carbocycles. The van der Waals surface area contributed by atoms with E-state index in [1.54, 1.807) is 6.07 Å². The summed E-state index contributed by atoms with van der Waals surface area (Å²) in [7, 11) is 0. The molecule has 0 aromatic heterocycles. The van der Waals surface area contributed by atoms with Crippen molar-refractivity contribution in [3.05, 3.63) is 28.2 Å². The number of nitrogens with one attached hydrogen (secondary N) is 1. The highest BCUT2D eigenvalue weighted by Gasteiger charge is 2.31. The second-order valence-corrected chi connectivity index (χ2v) is 6.75. The third-order valence-electron chi connectivity index (χ3n) is 4.57. The number of phenols is 1. The number of aromatic hydroxyl groups is 1. The Labute approximate surface area is 134 Å². The Kier molecular flexibility index (Phi) is 5.16. The first-order chi connectivity index (χ1) is 10.3. The zero-order chi connectivity index (χ0) is 14.7. The summed E-state index contributed by atoms with van der Waals surface area (Å²) in [6.07, 6.45) is 2.24. The van der Waals surface area contributed by atoms with Crippen LogP contribution in [0.3, 0.4) is 0 Å². The molecule has 5 heteroatoms. The van der Waals surface area contributed by atoms with Gasteiger partial charge in [0, 0.05) is 45.4 Å². The molecule has 0 spiro atoms. The lowest BCUT2D eigenvalue weighted by Gasteiger charge is -2.41. The fourth-order valence-corrected chi connectivity index (χ4v) is 3.88. The molecule has 2 saturated heterocycles. The number of hydrogen-bond donors (Lipinski definition) is 2. The fourth-order valence-electron chi connectivity index (χ4n) is 3.48. The number of piperazine rings is 1. The van der Waals surface area contributed by atoms with Crippen LogP contribution in [0.2, 0.25) is 0 Å². The van der Waals surface area contributed by atoms with Crippen molar-refractivity contribution in [2.75, 3.05) is 39.4 Å². The number of ether oxygens (including phenoxy) is 1. The Morgan fingerprint density at radius 3 is 2.62 bits per heavy atom. The predicted molar refractivity (Wildman–Crippen MR) is 86.5 cm³/mol. The number of hydrogen-bond acceptors (Lipinski definition) is 4. The quantitative estimate of drug-likeness (QED) is 0.875. The summed E-state index contributed by atoms with van der Waals surface area (Å²) < 4.78 is 6.32. The smallest absolute Gasteiger partial charge is 0.129 e. The Balaban J connectivity index is 1.87. The first-order valence-corrected chi connectivity index (χ1v) is 8.56. The minimum atomic E-state index is 0.310. The first-order valence-electron chi connectivity index (χ1n) is 7.76. The molecule has 0 saturated carbocycles. The summed E-state index contributed by atoms with van der Waals surface area (Å²) >= 11 is 3.46. The van der Waals surface area contributed by atoms with Crippen LogP contribution in [0.1, 0.15) is 24.4 Å². The third kappa shape index (κ3) is 3.59. The second kappa shape index (κ2) is 7.09. The van der Waals surface area contributed by atoms with E-state index in [1.807, 2.05) is 0 Å². The molecule has 2 fully saturated rings. The minimum absolute atomic E-state index is 0.310. The summed E-state index contributed by atoms with van der Waals surface area (Å²) in [6.45, 7) is 6.01. The lowest BCUT2D eigenvalue weighted by molar-refractivity contribution is 0.0213. The molecule has 4 nitrogen and oxygen atoms in total. The van der Waals surface area contributed by atoms with Gasteiger partial charge in [0.15, 0.2) is 0 Å². The molecule has 0 amide bonds. The van der Waals surface area contributed by atoms with Crippen molar-refractivity contribution in [2.24, 2.45) is 5.92 Å². The summed E-state index contributed by atoms with van der Waals surface area (Å²) in [5, 5.41) is 13.2. The van der Waals surface area contributed by atoms with Gasteiger partial charge in [0.1, 0.15) is 5.75 Å². The molecule has 0 bridgehead atoms. The highest BCUT2D eigenvalue weighted by atomic mass is 79.9. The molecule has 2 aliphatic heterocycles. The monoisotopic (exact) mass is 354 g/mol. The molecule has 1 atom stereocenters. The van der Waals surface area contributed by atoms with Crippen molar-refractivity contribution < 1.29 is 9.84 Å². The number of halogens is 1. The Morgan fingerprint density at radius 1 is 1.24 bits per heavy atom. The molecule has 2 N–H and O–H groups in total. The molecule has 0 aliphatic carbocycles. The van der Waals surface area contributed by atoms with E-state index in [0.29, 0.717) is 17.7 Å². The van der Waals surface area contributed by atoms with Crippen molar-refractivity contribution in [1.82, 2.24) is 10.2 Å². The van der Waals surface area contributed by atoms with Crippen molar-refractivity contribution in [3.63, 3.8) is 0 Å². The molecule has 116 valence electrons. The van der Waals surface area contributed by atoms with Crippen LogP contribution >= 0.6 is 15.9 Å². The summed E-state index contributed by atoms with van der Waals surface area (Å²) in [5.41, 5.74) is 1.30. The number of nitrogens with zero attached hydrogens (tertiary/aromatic N) is 1. The van der Waals surface area contributed by atoms with Crippen LogP contribution in [0.25, 0.3) is 0 Å². The highest BCUT2D eigenvalue weighted by molar-refractivity contribution is 9.10. The van der Waals surface area contributed by atoms with Gasteiger partial charge in [-0.2, -0.15) is 0 Å². The van der Waals surface area contributed by atoms with E-state index >= 15 is 0 Å². The second-order valence-electron chi connectivity index (χ2n) is 5.89. The van der Waals surface area contributed by atoms with Crippen molar-refractivity contribution in [2.45, 2.75) is 18.9 Å². The molecular weight excluding hydrogens is 332 g/mol. The van der Waals surface area contributed by atoms with E-state index in [-0.39, 0.29) is 0 Å². The summed E-state index contributed by atoms with van der Waals surface area (Å²) in [4.78, 5) is 2.59. The van der Waals surface area contributed by atoms with Crippen LogP contribution in [0.5, 0.6) is 5.75 Å². The first kappa shape index (κ1) is 15.3. The topological polar surface area (TPSA) is 44.7 Å². The number of phenolic OH excluding ortho intramolecular Hbond substituents is 1. The standard InChI is InChI=1S/C16H23BrN2O2/c17-14-11-13(1-2-15(14)20)16(12-3-9-21-10-4-12)19-7-5-18-6-8-19/h1-2,11-12,16,18,20H,3-10H2/t16-/m0/s1. The van der Waals surface area contributed by atoms with Crippen LogP contribution in [-0.2, 0) is 4.74 Å². The molecule has 1 aromatic rings. The van der Waals surface area contributed by atoms with Crippen LogP contribution in [0, 0.1) is 5.92 Å². The lowest BCUT2D eigenvalue weighted by Crippen LogP contribution is -2.47. The molecular formula is C16H23BrN2O2. The van der Waals surface area contributed by atoms with Gasteiger partial charge < -0.3 is 15.2 Å². The Hall–Kier alpha value is -0.620. The normalized spacial score (nSPS) is 23.1. The van der Waals surface area contributed by atoms with Gasteiger partial charge in [-0.3, -0.25) is 4.90 Å². The SMILES string of the molecule is Oc1ccc([C@H](C2CCOCC2)N2CCNCC2)cc1Br. The summed E-state index contributed by atoms with van der Waals surface area (Å²) in [5.74, 6) is 0.943. The van der Waals surface area contributed by atoms with Crippen LogP contribution in [0.4, 0.5) is 0 Å². The van der Waals surface area contributed by atoms with Gasteiger partial charge in [-0.25, -0.2) is 0 Å². The Morgan fingerprint density at radius 2 is 1.95 bits per heavy atom. The zero-order valence-corrected chi connectivity index (χ0v) is 13.8. The maximum Gasteiger partial charge on any atom is 0.129 e. The Bertz CT molecular complexity index is 453. The van der Waals surface area contributed by atoms with E-state index in [1.165, 1.54) is 5.56 Å². The van der Waals surface area contributed by atoms with E-state index in [0.717, 1.165) is 56.7 Å². The number of rotatable bonds is 3. The average molecular weight is 355 g/mol. The van der Waals surface area contributed by atoms with Crippen LogP contribution < -0.4 is 5.32 Å². The zero-order valence-electron chi connectivity index (χ0n) is 12.2.